The quantitative estimate of drug-likeness (QED) is 0.769. The van der Waals surface area contributed by atoms with E-state index in [-0.39, 0.29) is 0 Å². The molecule has 17 heavy (non-hydrogen) atoms. The molecule has 0 radical (unpaired) electrons. The second kappa shape index (κ2) is 5.71. The topological polar surface area (TPSA) is 24.1 Å². The Bertz CT molecular complexity index is 225. The summed E-state index contributed by atoms with van der Waals surface area (Å²) in [6, 6.07) is 0. The molecule has 1 aliphatic heterocycles. The summed E-state index contributed by atoms with van der Waals surface area (Å²) >= 11 is 0. The van der Waals surface area contributed by atoms with Crippen LogP contribution in [0.25, 0.3) is 0 Å². The molecular weight excluding hydrogens is 208 g/mol. The molecule has 1 aliphatic carbocycles. The molecule has 2 nitrogen and oxygen atoms in total. The van der Waals surface area contributed by atoms with E-state index in [1.807, 2.05) is 0 Å². The van der Waals surface area contributed by atoms with E-state index in [2.05, 4.69) is 24.5 Å². The van der Waals surface area contributed by atoms with Crippen molar-refractivity contribution in [2.75, 3.05) is 26.2 Å². The third-order valence-electron chi connectivity index (χ3n) is 5.17. The molecule has 0 bridgehead atoms. The van der Waals surface area contributed by atoms with E-state index in [1.54, 1.807) is 0 Å². The summed E-state index contributed by atoms with van der Waals surface area (Å²) in [5.74, 6) is 0. The van der Waals surface area contributed by atoms with Crippen LogP contribution < -0.4 is 10.6 Å². The number of hydrogen-bond donors (Lipinski definition) is 2. The minimum Gasteiger partial charge on any atom is -0.316 e. The maximum Gasteiger partial charge on any atom is 0.00201 e. The number of piperidine rings is 1. The average Bonchev–Trinajstić information content (AvgIpc) is 2.77. The Hall–Kier alpha value is -0.0800. The summed E-state index contributed by atoms with van der Waals surface area (Å²) in [7, 11) is 0. The van der Waals surface area contributed by atoms with Crippen molar-refractivity contribution in [2.45, 2.75) is 58.8 Å². The van der Waals surface area contributed by atoms with Gasteiger partial charge in [0.25, 0.3) is 0 Å². The fraction of sp³-hybridized carbons (Fsp3) is 1.00. The van der Waals surface area contributed by atoms with Crippen LogP contribution in [-0.2, 0) is 0 Å². The lowest BCUT2D eigenvalue weighted by molar-refractivity contribution is 0.181. The van der Waals surface area contributed by atoms with Crippen LogP contribution >= 0.6 is 0 Å². The normalized spacial score (nSPS) is 32.8. The predicted octanol–water partition coefficient (Wildman–Crippen LogP) is 2.94. The summed E-state index contributed by atoms with van der Waals surface area (Å²) in [5.41, 5.74) is 1.13. The van der Waals surface area contributed by atoms with Gasteiger partial charge in [-0.25, -0.2) is 0 Å². The Morgan fingerprint density at radius 1 is 1.06 bits per heavy atom. The zero-order chi connectivity index (χ0) is 12.2. The number of hydrogen-bond acceptors (Lipinski definition) is 2. The van der Waals surface area contributed by atoms with Crippen LogP contribution in [0.1, 0.15) is 58.8 Å². The lowest BCUT2D eigenvalue weighted by Gasteiger charge is -2.38. The largest absolute Gasteiger partial charge is 0.316 e. The van der Waals surface area contributed by atoms with Gasteiger partial charge in [0.2, 0.25) is 0 Å². The summed E-state index contributed by atoms with van der Waals surface area (Å²) in [5, 5.41) is 7.36. The second-order valence-electron chi connectivity index (χ2n) is 6.76. The molecule has 2 rings (SSSR count). The standard InChI is InChI=1S/C15H30N2/c1-3-15(9-6-10-16-12-15)13-17-11-14(2)7-4-5-8-14/h16-17H,3-13H2,1-2H3. The van der Waals surface area contributed by atoms with Crippen molar-refractivity contribution in [1.29, 1.82) is 0 Å². The third kappa shape index (κ3) is 3.45. The average molecular weight is 238 g/mol. The molecular formula is C15H30N2. The fourth-order valence-corrected chi connectivity index (χ4v) is 3.64. The molecule has 1 atom stereocenters. The van der Waals surface area contributed by atoms with Crippen LogP contribution in [-0.4, -0.2) is 26.2 Å². The van der Waals surface area contributed by atoms with Crippen LogP contribution in [0.2, 0.25) is 0 Å². The van der Waals surface area contributed by atoms with Gasteiger partial charge in [0.1, 0.15) is 0 Å². The second-order valence-corrected chi connectivity index (χ2v) is 6.76. The van der Waals surface area contributed by atoms with Gasteiger partial charge < -0.3 is 10.6 Å². The minimum absolute atomic E-state index is 0.535. The van der Waals surface area contributed by atoms with Gasteiger partial charge in [-0.2, -0.15) is 0 Å². The van der Waals surface area contributed by atoms with Crippen LogP contribution in [0, 0.1) is 10.8 Å². The lowest BCUT2D eigenvalue weighted by atomic mass is 9.78. The summed E-state index contributed by atoms with van der Waals surface area (Å²) in [6.45, 7) is 9.70. The molecule has 1 saturated heterocycles. The maximum absolute atomic E-state index is 3.79. The van der Waals surface area contributed by atoms with Crippen molar-refractivity contribution in [3.8, 4) is 0 Å². The van der Waals surface area contributed by atoms with Crippen molar-refractivity contribution < 1.29 is 0 Å². The molecule has 2 aliphatic rings. The highest BCUT2D eigenvalue weighted by molar-refractivity contribution is 4.88. The number of nitrogens with one attached hydrogen (secondary N) is 2. The Kier molecular flexibility index (Phi) is 4.48. The first-order chi connectivity index (χ1) is 8.18. The summed E-state index contributed by atoms with van der Waals surface area (Å²) < 4.78 is 0. The van der Waals surface area contributed by atoms with Gasteiger partial charge in [-0.05, 0) is 49.5 Å². The molecule has 1 unspecified atom stereocenters. The van der Waals surface area contributed by atoms with Crippen molar-refractivity contribution in [3.05, 3.63) is 0 Å². The zero-order valence-corrected chi connectivity index (χ0v) is 11.8. The Labute approximate surface area is 107 Å². The highest BCUT2D eigenvalue weighted by atomic mass is 14.9. The van der Waals surface area contributed by atoms with E-state index in [1.165, 1.54) is 71.1 Å². The van der Waals surface area contributed by atoms with Crippen LogP contribution in [0.3, 0.4) is 0 Å². The monoisotopic (exact) mass is 238 g/mol. The molecule has 2 N–H and O–H groups in total. The van der Waals surface area contributed by atoms with Crippen molar-refractivity contribution in [2.24, 2.45) is 10.8 Å². The van der Waals surface area contributed by atoms with E-state index in [9.17, 15) is 0 Å². The van der Waals surface area contributed by atoms with Gasteiger partial charge in [-0.1, -0.05) is 26.7 Å². The lowest BCUT2D eigenvalue weighted by Crippen LogP contribution is -2.47. The molecule has 0 aromatic heterocycles. The first kappa shape index (κ1) is 13.4. The first-order valence-corrected chi connectivity index (χ1v) is 7.60. The van der Waals surface area contributed by atoms with Crippen LogP contribution in [0.4, 0.5) is 0 Å². The van der Waals surface area contributed by atoms with Crippen molar-refractivity contribution in [1.82, 2.24) is 10.6 Å². The van der Waals surface area contributed by atoms with Gasteiger partial charge in [-0.15, -0.1) is 0 Å². The smallest absolute Gasteiger partial charge is 0.00201 e. The molecule has 0 aromatic carbocycles. The highest BCUT2D eigenvalue weighted by Crippen LogP contribution is 2.37. The molecule has 1 saturated carbocycles. The molecule has 100 valence electrons. The van der Waals surface area contributed by atoms with Gasteiger partial charge in [-0.3, -0.25) is 0 Å². The Morgan fingerprint density at radius 2 is 1.82 bits per heavy atom. The Morgan fingerprint density at radius 3 is 2.41 bits per heavy atom. The maximum atomic E-state index is 3.79. The predicted molar refractivity (Wildman–Crippen MR) is 74.3 cm³/mol. The SMILES string of the molecule is CCC1(CNCC2(C)CCCC2)CCCNC1. The zero-order valence-electron chi connectivity index (χ0n) is 11.8. The van der Waals surface area contributed by atoms with E-state index >= 15 is 0 Å². The van der Waals surface area contributed by atoms with Gasteiger partial charge in [0.05, 0.1) is 0 Å². The van der Waals surface area contributed by atoms with E-state index in [0.29, 0.717) is 10.8 Å². The van der Waals surface area contributed by atoms with Gasteiger partial charge in [0, 0.05) is 19.6 Å². The minimum atomic E-state index is 0.535. The van der Waals surface area contributed by atoms with Gasteiger partial charge in [0.15, 0.2) is 0 Å². The molecule has 0 spiro atoms. The first-order valence-electron chi connectivity index (χ1n) is 7.60. The molecule has 1 heterocycles. The molecule has 0 aromatic rings. The van der Waals surface area contributed by atoms with Crippen LogP contribution in [0.15, 0.2) is 0 Å². The highest BCUT2D eigenvalue weighted by Gasteiger charge is 2.32. The van der Waals surface area contributed by atoms with Gasteiger partial charge >= 0.3 is 0 Å². The van der Waals surface area contributed by atoms with E-state index < -0.39 is 0 Å². The fourth-order valence-electron chi connectivity index (χ4n) is 3.64. The molecule has 2 heteroatoms. The summed E-state index contributed by atoms with van der Waals surface area (Å²) in [6.07, 6.45) is 9.81. The van der Waals surface area contributed by atoms with E-state index in [4.69, 9.17) is 0 Å². The van der Waals surface area contributed by atoms with Crippen molar-refractivity contribution in [3.63, 3.8) is 0 Å². The molecule has 2 fully saturated rings. The van der Waals surface area contributed by atoms with Crippen molar-refractivity contribution >= 4 is 0 Å². The van der Waals surface area contributed by atoms with E-state index in [0.717, 1.165) is 0 Å². The Balaban J connectivity index is 1.75. The summed E-state index contributed by atoms with van der Waals surface area (Å²) in [4.78, 5) is 0. The number of rotatable bonds is 5. The van der Waals surface area contributed by atoms with Crippen LogP contribution in [0.5, 0.6) is 0 Å². The third-order valence-corrected chi connectivity index (χ3v) is 5.17. The molecule has 0 amide bonds.